The minimum atomic E-state index is -0.196. The molecule has 0 aromatic heterocycles. The van der Waals surface area contributed by atoms with Crippen LogP contribution in [0.1, 0.15) is 17.0 Å². The molecule has 1 atom stereocenters. The first-order valence-electron chi connectivity index (χ1n) is 6.44. The zero-order valence-corrected chi connectivity index (χ0v) is 14.3. The number of halogens is 3. The van der Waals surface area contributed by atoms with E-state index in [0.717, 1.165) is 27.5 Å². The number of likely N-dealkylation sites (N-methyl/N-ethyl adjacent to an activating group) is 1. The molecule has 0 heterocycles. The van der Waals surface area contributed by atoms with Crippen LogP contribution in [0, 0.1) is 5.82 Å². The Kier molecular flexibility index (Phi) is 5.75. The molecule has 1 nitrogen and oxygen atoms in total. The second-order valence-electron chi connectivity index (χ2n) is 4.72. The Morgan fingerprint density at radius 3 is 2.55 bits per heavy atom. The van der Waals surface area contributed by atoms with Crippen molar-refractivity contribution < 1.29 is 4.39 Å². The summed E-state index contributed by atoms with van der Waals surface area (Å²) < 4.78 is 15.5. The van der Waals surface area contributed by atoms with Gasteiger partial charge in [-0.3, -0.25) is 0 Å². The van der Waals surface area contributed by atoms with Gasteiger partial charge in [0.15, 0.2) is 0 Å². The molecule has 4 heteroatoms. The van der Waals surface area contributed by atoms with E-state index in [2.05, 4.69) is 43.2 Å². The fourth-order valence-corrected chi connectivity index (χ4v) is 3.33. The van der Waals surface area contributed by atoms with Gasteiger partial charge in [0.25, 0.3) is 0 Å². The third-order valence-corrected chi connectivity index (χ3v) is 4.77. The zero-order chi connectivity index (χ0) is 14.5. The highest BCUT2D eigenvalue weighted by Gasteiger charge is 2.16. The van der Waals surface area contributed by atoms with E-state index in [0.29, 0.717) is 0 Å². The van der Waals surface area contributed by atoms with E-state index in [9.17, 15) is 4.39 Å². The molecule has 0 radical (unpaired) electrons. The second kappa shape index (κ2) is 7.34. The van der Waals surface area contributed by atoms with Gasteiger partial charge in [0.2, 0.25) is 0 Å². The van der Waals surface area contributed by atoms with Crippen LogP contribution in [-0.4, -0.2) is 13.6 Å². The maximum Gasteiger partial charge on any atom is 0.123 e. The maximum atomic E-state index is 13.4. The molecular formula is C16H16Br2FN. The fraction of sp³-hybridized carbons (Fsp3) is 0.250. The van der Waals surface area contributed by atoms with Crippen molar-refractivity contribution >= 4 is 31.9 Å². The summed E-state index contributed by atoms with van der Waals surface area (Å²) in [5.74, 6) is 0.0900. The normalized spacial score (nSPS) is 12.4. The van der Waals surface area contributed by atoms with Crippen molar-refractivity contribution in [2.45, 2.75) is 12.3 Å². The van der Waals surface area contributed by atoms with Crippen LogP contribution in [0.25, 0.3) is 0 Å². The summed E-state index contributed by atoms with van der Waals surface area (Å²) in [6.07, 6.45) is 0.780. The minimum absolute atomic E-state index is 0.196. The third kappa shape index (κ3) is 3.90. The van der Waals surface area contributed by atoms with Crippen LogP contribution in [0.3, 0.4) is 0 Å². The van der Waals surface area contributed by atoms with Crippen LogP contribution in [0.15, 0.2) is 51.4 Å². The smallest absolute Gasteiger partial charge is 0.123 e. The largest absolute Gasteiger partial charge is 0.319 e. The summed E-state index contributed by atoms with van der Waals surface area (Å²) in [5, 5.41) is 3.22. The predicted octanol–water partition coefficient (Wildman–Crippen LogP) is 4.90. The number of rotatable bonds is 5. The molecule has 20 heavy (non-hydrogen) atoms. The molecule has 0 aliphatic heterocycles. The second-order valence-corrected chi connectivity index (χ2v) is 6.42. The molecule has 2 rings (SSSR count). The lowest BCUT2D eigenvalue weighted by molar-refractivity contribution is 0.606. The molecule has 2 aromatic carbocycles. The highest BCUT2D eigenvalue weighted by atomic mass is 79.9. The van der Waals surface area contributed by atoms with E-state index in [-0.39, 0.29) is 11.7 Å². The summed E-state index contributed by atoms with van der Waals surface area (Å²) in [7, 11) is 1.93. The van der Waals surface area contributed by atoms with E-state index in [1.54, 1.807) is 12.1 Å². The first-order valence-corrected chi connectivity index (χ1v) is 8.03. The summed E-state index contributed by atoms with van der Waals surface area (Å²) >= 11 is 7.10. The van der Waals surface area contributed by atoms with Gasteiger partial charge in [0, 0.05) is 21.4 Å². The molecule has 1 unspecified atom stereocenters. The Hall–Kier alpha value is -0.710. The van der Waals surface area contributed by atoms with Gasteiger partial charge in [0.05, 0.1) is 0 Å². The van der Waals surface area contributed by atoms with Crippen molar-refractivity contribution in [2.24, 2.45) is 0 Å². The fourth-order valence-electron chi connectivity index (χ4n) is 2.31. The van der Waals surface area contributed by atoms with Crippen molar-refractivity contribution in [2.75, 3.05) is 13.6 Å². The summed E-state index contributed by atoms with van der Waals surface area (Å²) in [6, 6.07) is 13.0. The Bertz CT molecular complexity index is 586. The summed E-state index contributed by atoms with van der Waals surface area (Å²) in [6.45, 7) is 0.839. The molecule has 0 bridgehead atoms. The molecule has 0 saturated heterocycles. The minimum Gasteiger partial charge on any atom is -0.319 e. The van der Waals surface area contributed by atoms with Gasteiger partial charge in [0.1, 0.15) is 5.82 Å². The monoisotopic (exact) mass is 399 g/mol. The SMILES string of the molecule is CNCC(Cc1cc(F)ccc1Br)c1ccccc1Br. The zero-order valence-electron chi connectivity index (χ0n) is 11.2. The first kappa shape index (κ1) is 15.7. The molecule has 0 aliphatic rings. The van der Waals surface area contributed by atoms with Crippen LogP contribution in [0.5, 0.6) is 0 Å². The van der Waals surface area contributed by atoms with Crippen LogP contribution in [0.4, 0.5) is 4.39 Å². The number of benzene rings is 2. The predicted molar refractivity (Wildman–Crippen MR) is 88.6 cm³/mol. The van der Waals surface area contributed by atoms with Crippen molar-refractivity contribution in [3.8, 4) is 0 Å². The summed E-state index contributed by atoms with van der Waals surface area (Å²) in [4.78, 5) is 0. The molecule has 106 valence electrons. The van der Waals surface area contributed by atoms with E-state index in [4.69, 9.17) is 0 Å². The van der Waals surface area contributed by atoms with Crippen LogP contribution in [0.2, 0.25) is 0 Å². The molecule has 0 aliphatic carbocycles. The van der Waals surface area contributed by atoms with Gasteiger partial charge < -0.3 is 5.32 Å². The Morgan fingerprint density at radius 2 is 1.85 bits per heavy atom. The molecule has 0 saturated carbocycles. The molecule has 2 aromatic rings. The Balaban J connectivity index is 2.30. The topological polar surface area (TPSA) is 12.0 Å². The van der Waals surface area contributed by atoms with Crippen molar-refractivity contribution in [3.63, 3.8) is 0 Å². The molecule has 0 amide bonds. The van der Waals surface area contributed by atoms with Crippen molar-refractivity contribution in [1.82, 2.24) is 5.32 Å². The van der Waals surface area contributed by atoms with Gasteiger partial charge >= 0.3 is 0 Å². The summed E-state index contributed by atoms with van der Waals surface area (Å²) in [5.41, 5.74) is 2.22. The molecule has 1 N–H and O–H groups in total. The maximum absolute atomic E-state index is 13.4. The van der Waals surface area contributed by atoms with Crippen molar-refractivity contribution in [3.05, 3.63) is 68.4 Å². The average molecular weight is 401 g/mol. The van der Waals surface area contributed by atoms with Gasteiger partial charge in [-0.05, 0) is 48.9 Å². The lowest BCUT2D eigenvalue weighted by atomic mass is 9.92. The van der Waals surface area contributed by atoms with E-state index in [1.807, 2.05) is 25.2 Å². The first-order chi connectivity index (χ1) is 9.61. The highest BCUT2D eigenvalue weighted by Crippen LogP contribution is 2.30. The Morgan fingerprint density at radius 1 is 1.10 bits per heavy atom. The standard InChI is InChI=1S/C16H16Br2FN/c1-20-10-12(14-4-2-3-5-16(14)18)8-11-9-13(19)6-7-15(11)17/h2-7,9,12,20H,8,10H2,1H3. The van der Waals surface area contributed by atoms with Gasteiger partial charge in [-0.1, -0.05) is 50.1 Å². The molecule has 0 spiro atoms. The van der Waals surface area contributed by atoms with Gasteiger partial charge in [-0.15, -0.1) is 0 Å². The van der Waals surface area contributed by atoms with Gasteiger partial charge in [-0.25, -0.2) is 4.39 Å². The van der Waals surface area contributed by atoms with E-state index >= 15 is 0 Å². The Labute approximate surface area is 135 Å². The average Bonchev–Trinajstić information content (AvgIpc) is 2.43. The number of hydrogen-bond donors (Lipinski definition) is 1. The quantitative estimate of drug-likeness (QED) is 0.752. The van der Waals surface area contributed by atoms with E-state index < -0.39 is 0 Å². The van der Waals surface area contributed by atoms with Gasteiger partial charge in [-0.2, -0.15) is 0 Å². The molecule has 0 fully saturated rings. The van der Waals surface area contributed by atoms with Crippen LogP contribution < -0.4 is 5.32 Å². The third-order valence-electron chi connectivity index (χ3n) is 3.27. The number of nitrogens with one attached hydrogen (secondary N) is 1. The lowest BCUT2D eigenvalue weighted by Gasteiger charge is -2.19. The van der Waals surface area contributed by atoms with Crippen LogP contribution >= 0.6 is 31.9 Å². The lowest BCUT2D eigenvalue weighted by Crippen LogP contribution is -2.19. The number of hydrogen-bond acceptors (Lipinski definition) is 1. The van der Waals surface area contributed by atoms with Crippen LogP contribution in [-0.2, 0) is 6.42 Å². The van der Waals surface area contributed by atoms with E-state index in [1.165, 1.54) is 11.6 Å². The van der Waals surface area contributed by atoms with Crippen molar-refractivity contribution in [1.29, 1.82) is 0 Å². The highest BCUT2D eigenvalue weighted by molar-refractivity contribution is 9.10. The molecular weight excluding hydrogens is 385 g/mol.